The van der Waals surface area contributed by atoms with Gasteiger partial charge in [-0.2, -0.15) is 224 Å². The zero-order valence-electron chi connectivity index (χ0n) is 53.0. The van der Waals surface area contributed by atoms with Crippen LogP contribution in [0.25, 0.3) is 21.8 Å². The van der Waals surface area contributed by atoms with E-state index in [0.29, 0.717) is 12.1 Å². The Morgan fingerprint density at radius 1 is 0.250 bits per heavy atom. The Labute approximate surface area is 586 Å². The second-order valence-electron chi connectivity index (χ2n) is 23.9. The molecular weight excluding hydrogens is 1720 g/mol. The van der Waals surface area contributed by atoms with Gasteiger partial charge in [0.15, 0.2) is 11.5 Å². The number of aliphatic hydroxyl groups is 1. The molecule has 0 unspecified atom stereocenters. The van der Waals surface area contributed by atoms with Crippen LogP contribution in [0.5, 0.6) is 17.2 Å². The van der Waals surface area contributed by atoms with Crippen LogP contribution in [0.4, 0.5) is 224 Å². The van der Waals surface area contributed by atoms with Gasteiger partial charge < -0.3 is 23.9 Å². The molecule has 0 aliphatic heterocycles. The van der Waals surface area contributed by atoms with Gasteiger partial charge in [-0.3, -0.25) is 0 Å². The molecule has 56 heteroatoms. The number of fused-ring (bicyclic) bond motifs is 3. The smallest absolute Gasteiger partial charge is 0.460 e. The Bertz CT molecular complexity index is 3770. The normalized spacial score (nSPS) is 15.6. The summed E-state index contributed by atoms with van der Waals surface area (Å²) in [6, 6.07) is 9.73. The van der Waals surface area contributed by atoms with Crippen LogP contribution in [0.3, 0.4) is 0 Å². The predicted molar refractivity (Wildman–Crippen MR) is 271 cm³/mol. The average Bonchev–Trinajstić information content (AvgIpc) is 0.867. The number of rotatable bonds is 39. The minimum atomic E-state index is -9.13. The van der Waals surface area contributed by atoms with E-state index in [1.165, 1.54) is 42.5 Å². The van der Waals surface area contributed by atoms with Crippen molar-refractivity contribution in [1.29, 1.82) is 0 Å². The number of nitrogens with zero attached hydrogens (tertiary/aromatic N) is 1. The molecule has 4 aromatic rings. The van der Waals surface area contributed by atoms with Crippen LogP contribution in [-0.4, -0.2) is 172 Å². The first kappa shape index (κ1) is 97.6. The van der Waals surface area contributed by atoms with Crippen molar-refractivity contribution in [2.24, 2.45) is 0 Å². The third-order valence-electron chi connectivity index (χ3n) is 16.2. The van der Waals surface area contributed by atoms with E-state index < -0.39 is 256 Å². The van der Waals surface area contributed by atoms with Crippen LogP contribution in [0.15, 0.2) is 54.6 Å². The zero-order valence-corrected chi connectivity index (χ0v) is 53.0. The van der Waals surface area contributed by atoms with Crippen LogP contribution in [0.1, 0.15) is 68.9 Å². The molecule has 112 heavy (non-hydrogen) atoms. The van der Waals surface area contributed by atoms with E-state index in [4.69, 9.17) is 14.2 Å². The first-order valence-corrected chi connectivity index (χ1v) is 29.2. The van der Waals surface area contributed by atoms with E-state index in [1.807, 2.05) is 0 Å². The first-order chi connectivity index (χ1) is 49.4. The Morgan fingerprint density at radius 2 is 0.500 bits per heavy atom. The molecule has 0 saturated carbocycles. The van der Waals surface area contributed by atoms with Crippen LogP contribution < -0.4 is 14.2 Å². The quantitative estimate of drug-likeness (QED) is 0.0357. The first-order valence-electron chi connectivity index (χ1n) is 29.2. The molecule has 1 aromatic heterocycles. The number of hydrogen-bond acceptors (Lipinski definition) is 4. The topological polar surface area (TPSA) is 52.9 Å². The van der Waals surface area contributed by atoms with Crippen molar-refractivity contribution in [1.82, 2.24) is 4.57 Å². The van der Waals surface area contributed by atoms with Gasteiger partial charge in [0.1, 0.15) is 0 Å². The minimum Gasteiger partial charge on any atom is -0.490 e. The van der Waals surface area contributed by atoms with E-state index in [2.05, 4.69) is 0 Å². The molecule has 0 saturated heterocycles. The second kappa shape index (κ2) is 29.8. The van der Waals surface area contributed by atoms with Gasteiger partial charge in [0.25, 0.3) is 0 Å². The molecule has 0 atom stereocenters. The number of unbranched alkanes of at least 4 members (excludes halogenated alkanes) is 3. The summed E-state index contributed by atoms with van der Waals surface area (Å²) in [6.45, 7) is -6.82. The summed E-state index contributed by atoms with van der Waals surface area (Å²) >= 11 is 0. The molecule has 0 amide bonds. The highest BCUT2D eigenvalue weighted by atomic mass is 19.5. The zero-order chi connectivity index (χ0) is 88.2. The van der Waals surface area contributed by atoms with Gasteiger partial charge in [-0.1, -0.05) is 24.3 Å². The third kappa shape index (κ3) is 15.1. The van der Waals surface area contributed by atoms with E-state index in [1.54, 1.807) is 0 Å². The number of hydrogen-bond donors (Lipinski definition) is 1. The molecule has 0 radical (unpaired) electrons. The Balaban J connectivity index is 1.87. The van der Waals surface area contributed by atoms with Crippen molar-refractivity contribution in [2.45, 2.75) is 214 Å². The maximum atomic E-state index is 14.9. The Morgan fingerprint density at radius 3 is 0.777 bits per heavy atom. The lowest BCUT2D eigenvalue weighted by atomic mass is 9.88. The van der Waals surface area contributed by atoms with Crippen molar-refractivity contribution in [2.75, 3.05) is 19.8 Å². The van der Waals surface area contributed by atoms with Gasteiger partial charge >= 0.3 is 143 Å². The highest BCUT2D eigenvalue weighted by Crippen LogP contribution is 2.69. The molecule has 1 heterocycles. The predicted octanol–water partition coefficient (Wildman–Crippen LogP) is 24.0. The highest BCUT2D eigenvalue weighted by Gasteiger charge is 2.98. The van der Waals surface area contributed by atoms with Crippen molar-refractivity contribution in [3.05, 3.63) is 65.7 Å². The van der Waals surface area contributed by atoms with Crippen molar-refractivity contribution < 1.29 is 243 Å². The van der Waals surface area contributed by atoms with Gasteiger partial charge in [-0.25, -0.2) is 0 Å². The van der Waals surface area contributed by atoms with Gasteiger partial charge in [0, 0.05) is 47.6 Å². The number of halogens is 51. The maximum absolute atomic E-state index is 14.9. The van der Waals surface area contributed by atoms with Gasteiger partial charge in [0.05, 0.1) is 26.4 Å². The fraction of sp³-hybridized carbons (Fsp3) is 0.679. The molecule has 0 aliphatic rings. The van der Waals surface area contributed by atoms with E-state index in [9.17, 15) is 229 Å². The van der Waals surface area contributed by atoms with E-state index in [-0.39, 0.29) is 27.4 Å². The van der Waals surface area contributed by atoms with Crippen molar-refractivity contribution in [3.8, 4) is 17.2 Å². The van der Waals surface area contributed by atoms with Gasteiger partial charge in [0.2, 0.25) is 5.75 Å². The average molecular weight is 1760 g/mol. The van der Waals surface area contributed by atoms with Crippen LogP contribution in [0.2, 0.25) is 0 Å². The van der Waals surface area contributed by atoms with Crippen molar-refractivity contribution >= 4 is 21.8 Å². The number of alkyl halides is 51. The summed E-state index contributed by atoms with van der Waals surface area (Å²) in [5, 5.41) is 10.1. The molecule has 5 nitrogen and oxygen atoms in total. The molecule has 0 spiro atoms. The molecular formula is C56H38F51NO4. The summed E-state index contributed by atoms with van der Waals surface area (Å²) < 4.78 is 728. The second-order valence-corrected chi connectivity index (χ2v) is 23.9. The highest BCUT2D eigenvalue weighted by molar-refractivity contribution is 6.08. The number of benzene rings is 3. The van der Waals surface area contributed by atoms with Crippen LogP contribution >= 0.6 is 0 Å². The summed E-state index contributed by atoms with van der Waals surface area (Å²) in [5.41, 5.74) is -0.446. The fourth-order valence-corrected chi connectivity index (χ4v) is 9.58. The van der Waals surface area contributed by atoms with Crippen LogP contribution in [0, 0.1) is 0 Å². The molecule has 0 aliphatic carbocycles. The lowest BCUT2D eigenvalue weighted by Gasteiger charge is -2.42. The lowest BCUT2D eigenvalue weighted by molar-refractivity contribution is -0.461. The number of ether oxygens (including phenoxy) is 3. The fourth-order valence-electron chi connectivity index (χ4n) is 9.58. The maximum Gasteiger partial charge on any atom is 0.460 e. The monoisotopic (exact) mass is 1760 g/mol. The Hall–Kier alpha value is -6.75. The molecule has 648 valence electrons. The SMILES string of the molecule is OCc1ccc2c(c1)c1ccccc1n2Cc1cc(OCCCCC(F)(F)C(F)(F)C(F)(F)C(F)(F)C(F)(F)C(F)(F)C(F)(F)C(F)(F)F)c(OCCCCC(F)(F)C(F)(F)C(F)(F)C(F)(F)C(F)(F)C(F)(F)C(F)(F)C(F)(F)F)c(OCCCCC(F)(F)C(F)(F)C(F)(F)C(F)(F)C(F)(F)C(F)(F)C(F)(F)C(F)(F)F)c1. The summed E-state index contributed by atoms with van der Waals surface area (Å²) in [6.07, 6.45) is -45.6. The summed E-state index contributed by atoms with van der Waals surface area (Å²) in [5.74, 6) is -185. The van der Waals surface area contributed by atoms with Gasteiger partial charge in [-0.15, -0.1) is 0 Å². The number of para-hydroxylation sites is 1. The summed E-state index contributed by atoms with van der Waals surface area (Å²) in [7, 11) is 0. The van der Waals surface area contributed by atoms with Crippen molar-refractivity contribution in [3.63, 3.8) is 0 Å². The Kier molecular flexibility index (Phi) is 25.9. The largest absolute Gasteiger partial charge is 0.490 e. The molecule has 0 fully saturated rings. The molecule has 1 N–H and O–H groups in total. The minimum absolute atomic E-state index is 0.0117. The summed E-state index contributed by atoms with van der Waals surface area (Å²) in [4.78, 5) is 0. The molecule has 0 bridgehead atoms. The standard InChI is InChI=1S/C56H38F51NO4/c57-33(58,36(63,64)39(69,70)42(75,76)45(81,82)48(87,88)51(93,94)54(99,100)101)13-3-6-16-110-30-20-25(22-108-28-10-2-1-9-26(28)27-19-24(23-109)11-12-29(27)108)21-31(111-17-7-4-14-34(59,60)37(65,66)40(71,72)43(77,78)46(83,84)49(89,90)52(95,96)55(102,103)104)32(30)112-18-8-5-15-35(61,62)38(67,68)41(73,74)44(79,80)47(85,86)50(91,92)53(97,98)56(105,106)107/h1-2,9-12,19-21,109H,3-8,13-18,22-23H2. The number of aliphatic hydroxyl groups excluding tert-OH is 1. The lowest BCUT2D eigenvalue weighted by Crippen LogP contribution is -2.74. The molecule has 4 rings (SSSR count). The van der Waals surface area contributed by atoms with E-state index >= 15 is 0 Å². The molecule has 3 aromatic carbocycles. The number of aromatic nitrogens is 1. The van der Waals surface area contributed by atoms with Crippen LogP contribution in [-0.2, 0) is 13.2 Å². The third-order valence-corrected chi connectivity index (χ3v) is 16.2. The van der Waals surface area contributed by atoms with Gasteiger partial charge in [-0.05, 0) is 80.0 Å². The van der Waals surface area contributed by atoms with E-state index in [0.717, 1.165) is 4.57 Å².